The Hall–Kier alpha value is -1.71. The lowest BCUT2D eigenvalue weighted by Gasteiger charge is -2.04. The molecule has 0 saturated carbocycles. The van der Waals surface area contributed by atoms with Crippen LogP contribution in [0, 0.1) is 0 Å². The van der Waals surface area contributed by atoms with Crippen LogP contribution in [0.4, 0.5) is 0 Å². The highest BCUT2D eigenvalue weighted by atomic mass is 79.9. The minimum absolute atomic E-state index is 0.0379. The minimum Gasteiger partial charge on any atom is -0.475 e. The largest absolute Gasteiger partial charge is 0.475 e. The summed E-state index contributed by atoms with van der Waals surface area (Å²) < 4.78 is 31.1. The second-order valence-electron chi connectivity index (χ2n) is 3.74. The maximum Gasteiger partial charge on any atom is 0.371 e. The van der Waals surface area contributed by atoms with Gasteiger partial charge in [-0.2, -0.15) is 0 Å². The van der Waals surface area contributed by atoms with Crippen molar-refractivity contribution >= 4 is 31.9 Å². The highest BCUT2D eigenvalue weighted by Gasteiger charge is 2.24. The normalized spacial score (nSPS) is 11.4. The summed E-state index contributed by atoms with van der Waals surface area (Å²) in [6.45, 7) is 0.0379. The van der Waals surface area contributed by atoms with Crippen molar-refractivity contribution < 1.29 is 22.7 Å². The number of pyridine rings is 1. The monoisotopic (exact) mass is 360 g/mol. The standard InChI is InChI=1S/C11H9BrN2O5S/c12-10-9(4-8(19-10)11(15)16)20(17,18)14-6-7-2-1-3-13-5-7/h1-5,14H,6H2,(H,15,16). The van der Waals surface area contributed by atoms with Crippen LogP contribution >= 0.6 is 15.9 Å². The molecule has 2 N–H and O–H groups in total. The number of halogens is 1. The molecule has 2 heterocycles. The highest BCUT2D eigenvalue weighted by Crippen LogP contribution is 2.26. The summed E-state index contributed by atoms with van der Waals surface area (Å²) in [5, 5.41) is 8.76. The van der Waals surface area contributed by atoms with Gasteiger partial charge in [0.25, 0.3) is 0 Å². The van der Waals surface area contributed by atoms with Gasteiger partial charge >= 0.3 is 5.97 Å². The average Bonchev–Trinajstić information content (AvgIpc) is 2.81. The summed E-state index contributed by atoms with van der Waals surface area (Å²) in [4.78, 5) is 14.3. The van der Waals surface area contributed by atoms with E-state index in [2.05, 4.69) is 25.6 Å². The van der Waals surface area contributed by atoms with Crippen molar-refractivity contribution in [3.8, 4) is 0 Å². The van der Waals surface area contributed by atoms with Crippen molar-refractivity contribution in [3.05, 3.63) is 46.6 Å². The van der Waals surface area contributed by atoms with Gasteiger partial charge in [-0.25, -0.2) is 17.9 Å². The Morgan fingerprint density at radius 2 is 2.25 bits per heavy atom. The van der Waals surface area contributed by atoms with Gasteiger partial charge < -0.3 is 9.52 Å². The van der Waals surface area contributed by atoms with E-state index in [1.807, 2.05) is 0 Å². The number of rotatable bonds is 5. The first kappa shape index (κ1) is 14.7. The van der Waals surface area contributed by atoms with Gasteiger partial charge in [0.1, 0.15) is 4.90 Å². The number of carboxylic acids is 1. The molecule has 0 spiro atoms. The molecule has 0 fully saturated rings. The molecule has 9 heteroatoms. The molecule has 2 aromatic heterocycles. The van der Waals surface area contributed by atoms with E-state index in [0.29, 0.717) is 5.56 Å². The number of sulfonamides is 1. The molecule has 0 aliphatic carbocycles. The second kappa shape index (κ2) is 5.73. The van der Waals surface area contributed by atoms with Crippen LogP contribution in [0.25, 0.3) is 0 Å². The van der Waals surface area contributed by atoms with Gasteiger partial charge in [0.15, 0.2) is 4.67 Å². The Bertz CT molecular complexity index is 727. The second-order valence-corrected chi connectivity index (χ2v) is 6.20. The molecule has 2 rings (SSSR count). The lowest BCUT2D eigenvalue weighted by molar-refractivity contribution is 0.0661. The fourth-order valence-corrected chi connectivity index (χ4v) is 3.35. The predicted octanol–water partition coefficient (Wildman–Crippen LogP) is 1.61. The Balaban J connectivity index is 2.20. The summed E-state index contributed by atoms with van der Waals surface area (Å²) in [5.74, 6) is -1.81. The third-order valence-corrected chi connectivity index (χ3v) is 4.60. The highest BCUT2D eigenvalue weighted by molar-refractivity contribution is 9.10. The van der Waals surface area contributed by atoms with Crippen molar-refractivity contribution in [1.29, 1.82) is 0 Å². The lowest BCUT2D eigenvalue weighted by Crippen LogP contribution is -2.23. The van der Waals surface area contributed by atoms with E-state index in [-0.39, 0.29) is 16.1 Å². The smallest absolute Gasteiger partial charge is 0.371 e. The fraction of sp³-hybridized carbons (Fsp3) is 0.0909. The van der Waals surface area contributed by atoms with Crippen molar-refractivity contribution in [2.45, 2.75) is 11.4 Å². The summed E-state index contributed by atoms with van der Waals surface area (Å²) >= 11 is 2.89. The molecule has 0 saturated heterocycles. The molecule has 106 valence electrons. The number of carboxylic acid groups (broad SMARTS) is 1. The summed E-state index contributed by atoms with van der Waals surface area (Å²) in [5.41, 5.74) is 0.675. The van der Waals surface area contributed by atoms with Crippen LogP contribution < -0.4 is 4.72 Å². The molecule has 0 unspecified atom stereocenters. The topological polar surface area (TPSA) is 110 Å². The van der Waals surface area contributed by atoms with Gasteiger partial charge in [-0.3, -0.25) is 4.98 Å². The van der Waals surface area contributed by atoms with Gasteiger partial charge in [-0.05, 0) is 27.6 Å². The zero-order valence-electron chi connectivity index (χ0n) is 9.91. The number of furan rings is 1. The number of hydrogen-bond donors (Lipinski definition) is 2. The van der Waals surface area contributed by atoms with Gasteiger partial charge in [0.05, 0.1) is 0 Å². The van der Waals surface area contributed by atoms with Crippen LogP contribution in [-0.2, 0) is 16.6 Å². The Labute approximate surface area is 122 Å². The third kappa shape index (κ3) is 3.24. The number of carbonyl (C=O) groups is 1. The Kier molecular flexibility index (Phi) is 4.21. The van der Waals surface area contributed by atoms with Crippen LogP contribution in [-0.4, -0.2) is 24.5 Å². The van der Waals surface area contributed by atoms with Gasteiger partial charge in [-0.1, -0.05) is 6.07 Å². The molecule has 0 aliphatic heterocycles. The number of aromatic nitrogens is 1. The van der Waals surface area contributed by atoms with E-state index in [0.717, 1.165) is 6.07 Å². The molecule has 7 nitrogen and oxygen atoms in total. The zero-order valence-corrected chi connectivity index (χ0v) is 12.3. The summed E-state index contributed by atoms with van der Waals surface area (Å²) in [6, 6.07) is 4.33. The maximum atomic E-state index is 12.0. The molecular formula is C11H9BrN2O5S. The van der Waals surface area contributed by atoms with Crippen molar-refractivity contribution in [2.75, 3.05) is 0 Å². The Morgan fingerprint density at radius 3 is 2.80 bits per heavy atom. The summed E-state index contributed by atoms with van der Waals surface area (Å²) in [6.07, 6.45) is 3.10. The summed E-state index contributed by atoms with van der Waals surface area (Å²) in [7, 11) is -3.88. The molecular weight excluding hydrogens is 352 g/mol. The number of aromatic carboxylic acids is 1. The van der Waals surface area contributed by atoms with E-state index in [1.165, 1.54) is 6.20 Å². The predicted molar refractivity (Wildman–Crippen MR) is 71.6 cm³/mol. The van der Waals surface area contributed by atoms with Crippen LogP contribution in [0.5, 0.6) is 0 Å². The maximum absolute atomic E-state index is 12.0. The van der Waals surface area contributed by atoms with Gasteiger partial charge in [-0.15, -0.1) is 0 Å². The quantitative estimate of drug-likeness (QED) is 0.838. The average molecular weight is 361 g/mol. The molecule has 0 aliphatic rings. The molecule has 0 atom stereocenters. The first-order chi connectivity index (χ1) is 9.40. The molecule has 0 radical (unpaired) electrons. The zero-order chi connectivity index (χ0) is 14.8. The van der Waals surface area contributed by atoms with Crippen molar-refractivity contribution in [2.24, 2.45) is 0 Å². The van der Waals surface area contributed by atoms with E-state index >= 15 is 0 Å². The van der Waals surface area contributed by atoms with Crippen molar-refractivity contribution in [1.82, 2.24) is 9.71 Å². The Morgan fingerprint density at radius 1 is 1.50 bits per heavy atom. The lowest BCUT2D eigenvalue weighted by atomic mass is 10.3. The number of nitrogens with one attached hydrogen (secondary N) is 1. The molecule has 2 aromatic rings. The van der Waals surface area contributed by atoms with Crippen LogP contribution in [0.15, 0.2) is 44.6 Å². The molecule has 0 amide bonds. The molecule has 0 bridgehead atoms. The van der Waals surface area contributed by atoms with Crippen LogP contribution in [0.2, 0.25) is 0 Å². The third-order valence-electron chi connectivity index (χ3n) is 2.34. The number of nitrogens with zero attached hydrogens (tertiary/aromatic N) is 1. The van der Waals surface area contributed by atoms with Gasteiger partial charge in [0.2, 0.25) is 15.8 Å². The van der Waals surface area contributed by atoms with Gasteiger partial charge in [0, 0.05) is 25.0 Å². The van der Waals surface area contributed by atoms with E-state index in [4.69, 9.17) is 9.52 Å². The van der Waals surface area contributed by atoms with E-state index < -0.39 is 21.8 Å². The van der Waals surface area contributed by atoms with Crippen LogP contribution in [0.1, 0.15) is 16.1 Å². The fourth-order valence-electron chi connectivity index (χ4n) is 1.40. The first-order valence-electron chi connectivity index (χ1n) is 5.31. The van der Waals surface area contributed by atoms with E-state index in [1.54, 1.807) is 18.3 Å². The minimum atomic E-state index is -3.88. The van der Waals surface area contributed by atoms with Crippen molar-refractivity contribution in [3.63, 3.8) is 0 Å². The molecule has 20 heavy (non-hydrogen) atoms. The van der Waals surface area contributed by atoms with Crippen LogP contribution in [0.3, 0.4) is 0 Å². The number of hydrogen-bond acceptors (Lipinski definition) is 5. The van der Waals surface area contributed by atoms with E-state index in [9.17, 15) is 13.2 Å². The first-order valence-corrected chi connectivity index (χ1v) is 7.59. The SMILES string of the molecule is O=C(O)c1cc(S(=O)(=O)NCc2cccnc2)c(Br)o1. The molecule has 0 aromatic carbocycles.